The standard InChI is InChI=1S/C16H20N2O2S/c1-11(17)12-5-4-6-13(9-12)21-10-14-16(20-3)15(19-2)7-8-18-14/h4-9,11H,10,17H2,1-3H3. The molecule has 1 unspecified atom stereocenters. The summed E-state index contributed by atoms with van der Waals surface area (Å²) in [5, 5.41) is 0. The second-order valence-corrected chi connectivity index (χ2v) is 5.69. The van der Waals surface area contributed by atoms with Crippen molar-refractivity contribution in [2.24, 2.45) is 5.73 Å². The Bertz CT molecular complexity index is 603. The molecule has 4 nitrogen and oxygen atoms in total. The van der Waals surface area contributed by atoms with Crippen LogP contribution >= 0.6 is 11.8 Å². The van der Waals surface area contributed by atoms with Crippen LogP contribution in [0.15, 0.2) is 41.4 Å². The van der Waals surface area contributed by atoms with Gasteiger partial charge in [-0.25, -0.2) is 0 Å². The number of hydrogen-bond acceptors (Lipinski definition) is 5. The lowest BCUT2D eigenvalue weighted by atomic mass is 10.1. The SMILES string of the molecule is COc1ccnc(CSc2cccc(C(C)N)c2)c1OC. The molecule has 2 N–H and O–H groups in total. The van der Waals surface area contributed by atoms with Gasteiger partial charge in [0, 0.05) is 29.0 Å². The molecule has 1 heterocycles. The maximum absolute atomic E-state index is 5.92. The van der Waals surface area contributed by atoms with E-state index in [9.17, 15) is 0 Å². The van der Waals surface area contributed by atoms with E-state index in [1.54, 1.807) is 38.2 Å². The van der Waals surface area contributed by atoms with Gasteiger partial charge in [-0.2, -0.15) is 0 Å². The Labute approximate surface area is 129 Å². The van der Waals surface area contributed by atoms with Gasteiger partial charge in [0.25, 0.3) is 0 Å². The third kappa shape index (κ3) is 3.89. The number of hydrogen-bond donors (Lipinski definition) is 1. The molecule has 0 aliphatic carbocycles. The summed E-state index contributed by atoms with van der Waals surface area (Å²) >= 11 is 1.70. The number of aromatic nitrogens is 1. The lowest BCUT2D eigenvalue weighted by Crippen LogP contribution is -2.04. The molecule has 0 amide bonds. The fourth-order valence-corrected chi connectivity index (χ4v) is 2.90. The average Bonchev–Trinajstić information content (AvgIpc) is 2.52. The molecule has 0 spiro atoms. The second-order valence-electron chi connectivity index (χ2n) is 4.64. The summed E-state index contributed by atoms with van der Waals surface area (Å²) in [6.07, 6.45) is 1.73. The van der Waals surface area contributed by atoms with Gasteiger partial charge in [-0.05, 0) is 24.6 Å². The number of thioether (sulfide) groups is 1. The quantitative estimate of drug-likeness (QED) is 0.829. The zero-order chi connectivity index (χ0) is 15.2. The predicted octanol–water partition coefficient (Wildman–Crippen LogP) is 3.41. The maximum atomic E-state index is 5.92. The third-order valence-electron chi connectivity index (χ3n) is 3.13. The molecule has 1 atom stereocenters. The number of benzene rings is 1. The van der Waals surface area contributed by atoms with Crippen molar-refractivity contribution < 1.29 is 9.47 Å². The lowest BCUT2D eigenvalue weighted by Gasteiger charge is -2.12. The van der Waals surface area contributed by atoms with E-state index in [1.807, 2.05) is 19.1 Å². The van der Waals surface area contributed by atoms with Crippen LogP contribution in [0.4, 0.5) is 0 Å². The Balaban J connectivity index is 2.15. The van der Waals surface area contributed by atoms with Gasteiger partial charge >= 0.3 is 0 Å². The van der Waals surface area contributed by atoms with E-state index in [1.165, 1.54) is 0 Å². The zero-order valence-electron chi connectivity index (χ0n) is 12.5. The normalized spacial score (nSPS) is 12.0. The minimum Gasteiger partial charge on any atom is -0.493 e. The first kappa shape index (κ1) is 15.7. The fraction of sp³-hybridized carbons (Fsp3) is 0.312. The van der Waals surface area contributed by atoms with E-state index >= 15 is 0 Å². The van der Waals surface area contributed by atoms with Crippen molar-refractivity contribution in [1.29, 1.82) is 0 Å². The van der Waals surface area contributed by atoms with Gasteiger partial charge in [-0.3, -0.25) is 4.98 Å². The summed E-state index contributed by atoms with van der Waals surface area (Å²) in [4.78, 5) is 5.54. The van der Waals surface area contributed by atoms with Gasteiger partial charge in [-0.15, -0.1) is 11.8 Å². The van der Waals surface area contributed by atoms with Crippen molar-refractivity contribution >= 4 is 11.8 Å². The van der Waals surface area contributed by atoms with Crippen LogP contribution in [0.5, 0.6) is 11.5 Å². The molecule has 21 heavy (non-hydrogen) atoms. The highest BCUT2D eigenvalue weighted by atomic mass is 32.2. The highest BCUT2D eigenvalue weighted by molar-refractivity contribution is 7.98. The number of nitrogens with zero attached hydrogens (tertiary/aromatic N) is 1. The van der Waals surface area contributed by atoms with Crippen LogP contribution < -0.4 is 15.2 Å². The summed E-state index contributed by atoms with van der Waals surface area (Å²) in [5.41, 5.74) is 7.91. The van der Waals surface area contributed by atoms with E-state index in [-0.39, 0.29) is 6.04 Å². The summed E-state index contributed by atoms with van der Waals surface area (Å²) in [5.74, 6) is 2.10. The summed E-state index contributed by atoms with van der Waals surface area (Å²) in [6.45, 7) is 1.98. The molecule has 112 valence electrons. The number of ether oxygens (including phenoxy) is 2. The van der Waals surface area contributed by atoms with E-state index in [4.69, 9.17) is 15.2 Å². The minimum absolute atomic E-state index is 0.0371. The van der Waals surface area contributed by atoms with Crippen molar-refractivity contribution in [2.45, 2.75) is 23.6 Å². The molecule has 5 heteroatoms. The molecule has 0 aliphatic rings. The molecule has 1 aromatic carbocycles. The first-order valence-electron chi connectivity index (χ1n) is 6.70. The Hall–Kier alpha value is -1.72. The molecule has 1 aromatic heterocycles. The third-order valence-corrected chi connectivity index (χ3v) is 4.13. The Morgan fingerprint density at radius 1 is 1.24 bits per heavy atom. The number of pyridine rings is 1. The van der Waals surface area contributed by atoms with E-state index in [0.29, 0.717) is 17.3 Å². The Morgan fingerprint density at radius 2 is 2.05 bits per heavy atom. The van der Waals surface area contributed by atoms with Gasteiger partial charge in [0.05, 0.1) is 19.9 Å². The molecule has 0 bridgehead atoms. The van der Waals surface area contributed by atoms with Crippen molar-refractivity contribution in [2.75, 3.05) is 14.2 Å². The molecule has 0 saturated heterocycles. The van der Waals surface area contributed by atoms with Crippen LogP contribution in [0.3, 0.4) is 0 Å². The number of rotatable bonds is 6. The summed E-state index contributed by atoms with van der Waals surface area (Å²) < 4.78 is 10.7. The topological polar surface area (TPSA) is 57.4 Å². The molecule has 0 radical (unpaired) electrons. The van der Waals surface area contributed by atoms with Crippen LogP contribution in [0.1, 0.15) is 24.2 Å². The van der Waals surface area contributed by atoms with Crippen molar-refractivity contribution in [3.8, 4) is 11.5 Å². The van der Waals surface area contributed by atoms with Crippen LogP contribution in [-0.2, 0) is 5.75 Å². The summed E-state index contributed by atoms with van der Waals surface area (Å²) in [7, 11) is 3.26. The van der Waals surface area contributed by atoms with E-state index in [2.05, 4.69) is 17.1 Å². The molecule has 0 saturated carbocycles. The zero-order valence-corrected chi connectivity index (χ0v) is 13.3. The van der Waals surface area contributed by atoms with Crippen molar-refractivity contribution in [1.82, 2.24) is 4.98 Å². The van der Waals surface area contributed by atoms with Crippen LogP contribution in [-0.4, -0.2) is 19.2 Å². The average molecular weight is 304 g/mol. The molecule has 0 aliphatic heterocycles. The Kier molecular flexibility index (Phi) is 5.47. The second kappa shape index (κ2) is 7.33. The van der Waals surface area contributed by atoms with E-state index < -0.39 is 0 Å². The molecular formula is C16H20N2O2S. The maximum Gasteiger partial charge on any atom is 0.183 e. The first-order valence-corrected chi connectivity index (χ1v) is 7.68. The number of methoxy groups -OCH3 is 2. The molecule has 0 fully saturated rings. The molecule has 2 rings (SSSR count). The Morgan fingerprint density at radius 3 is 2.71 bits per heavy atom. The van der Waals surface area contributed by atoms with Crippen LogP contribution in [0.2, 0.25) is 0 Å². The molecular weight excluding hydrogens is 284 g/mol. The van der Waals surface area contributed by atoms with Gasteiger partial charge in [0.1, 0.15) is 0 Å². The fourth-order valence-electron chi connectivity index (χ4n) is 1.99. The lowest BCUT2D eigenvalue weighted by molar-refractivity contribution is 0.350. The predicted molar refractivity (Wildman–Crippen MR) is 85.9 cm³/mol. The summed E-state index contributed by atoms with van der Waals surface area (Å²) in [6, 6.07) is 10.1. The minimum atomic E-state index is 0.0371. The first-order chi connectivity index (χ1) is 10.2. The van der Waals surface area contributed by atoms with Crippen LogP contribution in [0, 0.1) is 0 Å². The van der Waals surface area contributed by atoms with Gasteiger partial charge in [-0.1, -0.05) is 12.1 Å². The van der Waals surface area contributed by atoms with E-state index in [0.717, 1.165) is 16.2 Å². The smallest absolute Gasteiger partial charge is 0.183 e. The number of nitrogens with two attached hydrogens (primary N) is 1. The van der Waals surface area contributed by atoms with Crippen LogP contribution in [0.25, 0.3) is 0 Å². The van der Waals surface area contributed by atoms with Gasteiger partial charge in [0.15, 0.2) is 11.5 Å². The van der Waals surface area contributed by atoms with Crippen molar-refractivity contribution in [3.63, 3.8) is 0 Å². The largest absolute Gasteiger partial charge is 0.493 e. The van der Waals surface area contributed by atoms with Crippen molar-refractivity contribution in [3.05, 3.63) is 47.8 Å². The monoisotopic (exact) mass is 304 g/mol. The highest BCUT2D eigenvalue weighted by Gasteiger charge is 2.11. The van der Waals surface area contributed by atoms with Gasteiger partial charge < -0.3 is 15.2 Å². The highest BCUT2D eigenvalue weighted by Crippen LogP contribution is 2.33. The molecule has 2 aromatic rings. The van der Waals surface area contributed by atoms with Gasteiger partial charge in [0.2, 0.25) is 0 Å².